The van der Waals surface area contributed by atoms with E-state index >= 15 is 0 Å². The van der Waals surface area contributed by atoms with Gasteiger partial charge in [-0.05, 0) is 19.4 Å². The highest BCUT2D eigenvalue weighted by Crippen LogP contribution is 2.08. The van der Waals surface area contributed by atoms with Crippen molar-refractivity contribution in [3.05, 3.63) is 0 Å². The van der Waals surface area contributed by atoms with E-state index in [9.17, 15) is 4.79 Å². The van der Waals surface area contributed by atoms with E-state index in [2.05, 4.69) is 5.32 Å². The van der Waals surface area contributed by atoms with Gasteiger partial charge in [0.05, 0.1) is 5.92 Å². The van der Waals surface area contributed by atoms with Gasteiger partial charge in [-0.25, -0.2) is 0 Å². The second-order valence-electron chi connectivity index (χ2n) is 2.90. The molecule has 1 aliphatic heterocycles. The lowest BCUT2D eigenvalue weighted by molar-refractivity contribution is -0.142. The molecule has 1 aliphatic rings. The molecule has 1 fully saturated rings. The Morgan fingerprint density at radius 2 is 1.92 bits per heavy atom. The molecule has 0 radical (unpaired) electrons. The van der Waals surface area contributed by atoms with Gasteiger partial charge in [0.25, 0.3) is 5.97 Å². The zero-order chi connectivity index (χ0) is 10.3. The van der Waals surface area contributed by atoms with Gasteiger partial charge >= 0.3 is 5.97 Å². The first-order chi connectivity index (χ1) is 6.04. The molecule has 5 heteroatoms. The molecule has 0 aromatic rings. The highest BCUT2D eigenvalue weighted by molar-refractivity contribution is 5.70. The van der Waals surface area contributed by atoms with Crippen LogP contribution in [0.1, 0.15) is 19.8 Å². The molecule has 0 aliphatic carbocycles. The molecule has 1 unspecified atom stereocenters. The highest BCUT2D eigenvalue weighted by atomic mass is 16.4. The SMILES string of the molecule is CC(=O)O.O=C(O)C1CCCNC1. The van der Waals surface area contributed by atoms with E-state index in [4.69, 9.17) is 15.0 Å². The molecule has 1 heterocycles. The third kappa shape index (κ3) is 7.27. The van der Waals surface area contributed by atoms with Gasteiger partial charge in [-0.3, -0.25) is 9.59 Å². The van der Waals surface area contributed by atoms with E-state index in [1.54, 1.807) is 0 Å². The van der Waals surface area contributed by atoms with Crippen molar-refractivity contribution in [3.63, 3.8) is 0 Å². The van der Waals surface area contributed by atoms with Crippen molar-refractivity contribution in [2.24, 2.45) is 5.92 Å². The number of nitrogens with one attached hydrogen (secondary N) is 1. The lowest BCUT2D eigenvalue weighted by Crippen LogP contribution is -2.34. The molecule has 0 bridgehead atoms. The summed E-state index contributed by atoms with van der Waals surface area (Å²) in [6.07, 6.45) is 1.83. The maximum atomic E-state index is 10.3. The average Bonchev–Trinajstić information content (AvgIpc) is 2.05. The van der Waals surface area contributed by atoms with E-state index < -0.39 is 11.9 Å². The van der Waals surface area contributed by atoms with Crippen LogP contribution in [0.3, 0.4) is 0 Å². The monoisotopic (exact) mass is 189 g/mol. The topological polar surface area (TPSA) is 86.6 Å². The molecule has 0 saturated carbocycles. The average molecular weight is 189 g/mol. The van der Waals surface area contributed by atoms with Gasteiger partial charge < -0.3 is 15.5 Å². The van der Waals surface area contributed by atoms with Gasteiger partial charge in [-0.1, -0.05) is 0 Å². The second kappa shape index (κ2) is 6.42. The summed E-state index contributed by atoms with van der Waals surface area (Å²) in [5.74, 6) is -1.64. The number of aliphatic carboxylic acids is 2. The van der Waals surface area contributed by atoms with Gasteiger partial charge in [0.15, 0.2) is 0 Å². The van der Waals surface area contributed by atoms with Crippen LogP contribution in [0, 0.1) is 5.92 Å². The maximum Gasteiger partial charge on any atom is 0.307 e. The largest absolute Gasteiger partial charge is 0.481 e. The molecule has 1 atom stereocenters. The Morgan fingerprint density at radius 1 is 1.38 bits per heavy atom. The zero-order valence-electron chi connectivity index (χ0n) is 7.62. The molecule has 3 N–H and O–H groups in total. The van der Waals surface area contributed by atoms with Crippen LogP contribution in [0.5, 0.6) is 0 Å². The lowest BCUT2D eigenvalue weighted by Gasteiger charge is -2.18. The van der Waals surface area contributed by atoms with Crippen LogP contribution in [0.2, 0.25) is 0 Å². The van der Waals surface area contributed by atoms with Crippen LogP contribution in [-0.2, 0) is 9.59 Å². The van der Waals surface area contributed by atoms with Crippen LogP contribution >= 0.6 is 0 Å². The minimum absolute atomic E-state index is 0.140. The van der Waals surface area contributed by atoms with E-state index in [0.717, 1.165) is 26.3 Å². The number of carboxylic acids is 2. The molecule has 1 rings (SSSR count). The fourth-order valence-corrected chi connectivity index (χ4v) is 1.06. The van der Waals surface area contributed by atoms with Crippen molar-refractivity contribution in [3.8, 4) is 0 Å². The molecule has 13 heavy (non-hydrogen) atoms. The van der Waals surface area contributed by atoms with Crippen LogP contribution in [0.25, 0.3) is 0 Å². The van der Waals surface area contributed by atoms with Crippen LogP contribution in [0.15, 0.2) is 0 Å². The fourth-order valence-electron chi connectivity index (χ4n) is 1.06. The Morgan fingerprint density at radius 3 is 2.15 bits per heavy atom. The standard InChI is InChI=1S/C6H11NO2.C2H4O2/c8-6(9)5-2-1-3-7-4-5;1-2(3)4/h5,7H,1-4H2,(H,8,9);1H3,(H,3,4). The Bertz CT molecular complexity index is 171. The summed E-state index contributed by atoms with van der Waals surface area (Å²) >= 11 is 0. The predicted octanol–water partition coefficient (Wildman–Crippen LogP) is 0.161. The predicted molar refractivity (Wildman–Crippen MR) is 46.5 cm³/mol. The summed E-state index contributed by atoms with van der Waals surface area (Å²) in [5, 5.41) is 19.0. The van der Waals surface area contributed by atoms with Crippen LogP contribution < -0.4 is 5.32 Å². The quantitative estimate of drug-likeness (QED) is 0.547. The van der Waals surface area contributed by atoms with Crippen LogP contribution in [-0.4, -0.2) is 35.2 Å². The number of carboxylic acid groups (broad SMARTS) is 2. The van der Waals surface area contributed by atoms with Gasteiger partial charge in [-0.2, -0.15) is 0 Å². The summed E-state index contributed by atoms with van der Waals surface area (Å²) in [7, 11) is 0. The molecule has 0 spiro atoms. The first-order valence-corrected chi connectivity index (χ1v) is 4.17. The maximum absolute atomic E-state index is 10.3. The Hall–Kier alpha value is -1.10. The highest BCUT2D eigenvalue weighted by Gasteiger charge is 2.18. The fraction of sp³-hybridized carbons (Fsp3) is 0.750. The van der Waals surface area contributed by atoms with Crippen molar-refractivity contribution in [1.29, 1.82) is 0 Å². The van der Waals surface area contributed by atoms with Crippen molar-refractivity contribution >= 4 is 11.9 Å². The van der Waals surface area contributed by atoms with Crippen LogP contribution in [0.4, 0.5) is 0 Å². The number of piperidine rings is 1. The molecular weight excluding hydrogens is 174 g/mol. The lowest BCUT2D eigenvalue weighted by atomic mass is 10.0. The van der Waals surface area contributed by atoms with Crippen molar-refractivity contribution in [2.75, 3.05) is 13.1 Å². The van der Waals surface area contributed by atoms with E-state index in [-0.39, 0.29) is 5.92 Å². The number of hydrogen-bond acceptors (Lipinski definition) is 3. The van der Waals surface area contributed by atoms with Gasteiger partial charge in [0.1, 0.15) is 0 Å². The third-order valence-electron chi connectivity index (χ3n) is 1.65. The van der Waals surface area contributed by atoms with Gasteiger partial charge in [-0.15, -0.1) is 0 Å². The van der Waals surface area contributed by atoms with Gasteiger partial charge in [0, 0.05) is 13.5 Å². The smallest absolute Gasteiger partial charge is 0.307 e. The summed E-state index contributed by atoms with van der Waals surface area (Å²) in [4.78, 5) is 19.3. The van der Waals surface area contributed by atoms with E-state index in [1.165, 1.54) is 0 Å². The summed E-state index contributed by atoms with van der Waals surface area (Å²) in [5.41, 5.74) is 0. The molecular formula is C8H15NO4. The number of rotatable bonds is 1. The number of carbonyl (C=O) groups is 2. The summed E-state index contributed by atoms with van der Waals surface area (Å²) < 4.78 is 0. The summed E-state index contributed by atoms with van der Waals surface area (Å²) in [6.45, 7) is 2.71. The Kier molecular flexibility index (Phi) is 5.88. The first-order valence-electron chi connectivity index (χ1n) is 4.17. The molecule has 0 aromatic carbocycles. The van der Waals surface area contributed by atoms with Crippen molar-refractivity contribution < 1.29 is 19.8 Å². The molecule has 76 valence electrons. The molecule has 0 aromatic heterocycles. The van der Waals surface area contributed by atoms with Crippen molar-refractivity contribution in [1.82, 2.24) is 5.32 Å². The minimum atomic E-state index is -0.833. The first kappa shape index (κ1) is 11.9. The summed E-state index contributed by atoms with van der Waals surface area (Å²) in [6, 6.07) is 0. The number of hydrogen-bond donors (Lipinski definition) is 3. The Balaban J connectivity index is 0.000000310. The van der Waals surface area contributed by atoms with E-state index in [1.807, 2.05) is 0 Å². The second-order valence-corrected chi connectivity index (χ2v) is 2.90. The van der Waals surface area contributed by atoms with Crippen molar-refractivity contribution in [2.45, 2.75) is 19.8 Å². The molecule has 5 nitrogen and oxygen atoms in total. The van der Waals surface area contributed by atoms with E-state index in [0.29, 0.717) is 6.54 Å². The van der Waals surface area contributed by atoms with Gasteiger partial charge in [0.2, 0.25) is 0 Å². The molecule has 1 saturated heterocycles. The molecule has 0 amide bonds. The minimum Gasteiger partial charge on any atom is -0.481 e. The third-order valence-corrected chi connectivity index (χ3v) is 1.65. The zero-order valence-corrected chi connectivity index (χ0v) is 7.62. The normalized spacial score (nSPS) is 21.2. The Labute approximate surface area is 76.8 Å².